The molecule has 0 aliphatic carbocycles. The molecule has 2 rings (SSSR count). The van der Waals surface area contributed by atoms with Crippen LogP contribution in [0.3, 0.4) is 0 Å². The number of benzene rings is 1. The number of nitrogens with one attached hydrogen (secondary N) is 1. The second kappa shape index (κ2) is 5.12. The highest BCUT2D eigenvalue weighted by Gasteiger charge is 2.10. The number of halogens is 1. The normalized spacial score (nSPS) is 10.4. The molecule has 1 heterocycles. The van der Waals surface area contributed by atoms with E-state index in [4.69, 9.17) is 0 Å². The minimum Gasteiger partial charge on any atom is -0.369 e. The lowest BCUT2D eigenvalue weighted by Gasteiger charge is -2.11. The third kappa shape index (κ3) is 2.32. The fourth-order valence-corrected chi connectivity index (χ4v) is 1.82. The molecule has 1 aromatic carbocycles. The Kier molecular flexibility index (Phi) is 3.55. The van der Waals surface area contributed by atoms with Gasteiger partial charge in [-0.25, -0.2) is 4.39 Å². The molecule has 0 fully saturated rings. The average molecular weight is 245 g/mol. The Morgan fingerprint density at radius 3 is 2.33 bits per heavy atom. The smallest absolute Gasteiger partial charge is 0.151 e. The van der Waals surface area contributed by atoms with Gasteiger partial charge >= 0.3 is 0 Å². The first-order valence-corrected chi connectivity index (χ1v) is 5.97. The molecular formula is C14H16FN3. The summed E-state index contributed by atoms with van der Waals surface area (Å²) in [6.45, 7) is 6.84. The zero-order chi connectivity index (χ0) is 13.1. The molecule has 0 aliphatic rings. The third-order valence-electron chi connectivity index (χ3n) is 2.98. The largest absolute Gasteiger partial charge is 0.369 e. The van der Waals surface area contributed by atoms with E-state index in [2.05, 4.69) is 15.5 Å². The molecule has 0 saturated heterocycles. The molecule has 18 heavy (non-hydrogen) atoms. The van der Waals surface area contributed by atoms with Gasteiger partial charge in [0.1, 0.15) is 5.82 Å². The van der Waals surface area contributed by atoms with Gasteiger partial charge in [-0.1, -0.05) is 0 Å². The molecule has 0 spiro atoms. The van der Waals surface area contributed by atoms with Gasteiger partial charge in [0.05, 0.1) is 5.69 Å². The summed E-state index contributed by atoms with van der Waals surface area (Å²) in [5.41, 5.74) is 3.82. The lowest BCUT2D eigenvalue weighted by molar-refractivity contribution is 0.628. The summed E-state index contributed by atoms with van der Waals surface area (Å²) in [5.74, 6) is 0.561. The predicted molar refractivity (Wildman–Crippen MR) is 71.1 cm³/mol. The summed E-state index contributed by atoms with van der Waals surface area (Å²) >= 11 is 0. The maximum Gasteiger partial charge on any atom is 0.151 e. The first kappa shape index (κ1) is 12.5. The van der Waals surface area contributed by atoms with Crippen molar-refractivity contribution in [2.45, 2.75) is 20.8 Å². The van der Waals surface area contributed by atoms with Crippen LogP contribution in [0.1, 0.15) is 18.1 Å². The predicted octanol–water partition coefficient (Wildman–Crippen LogP) is 3.33. The maximum absolute atomic E-state index is 12.9. The van der Waals surface area contributed by atoms with Crippen molar-refractivity contribution in [1.82, 2.24) is 10.2 Å². The third-order valence-corrected chi connectivity index (χ3v) is 2.98. The number of anilines is 1. The van der Waals surface area contributed by atoms with Gasteiger partial charge in [0.2, 0.25) is 0 Å². The topological polar surface area (TPSA) is 37.8 Å². The van der Waals surface area contributed by atoms with Crippen LogP contribution in [0.2, 0.25) is 0 Å². The van der Waals surface area contributed by atoms with Crippen LogP contribution in [0.15, 0.2) is 24.3 Å². The highest BCUT2D eigenvalue weighted by atomic mass is 19.1. The second-order valence-corrected chi connectivity index (χ2v) is 4.18. The molecule has 0 radical (unpaired) electrons. The van der Waals surface area contributed by atoms with Gasteiger partial charge in [-0.2, -0.15) is 0 Å². The average Bonchev–Trinajstić information content (AvgIpc) is 2.37. The Morgan fingerprint density at radius 2 is 1.72 bits per heavy atom. The first-order valence-electron chi connectivity index (χ1n) is 5.97. The van der Waals surface area contributed by atoms with E-state index in [1.54, 1.807) is 12.1 Å². The van der Waals surface area contributed by atoms with Crippen molar-refractivity contribution in [2.75, 3.05) is 11.9 Å². The quantitative estimate of drug-likeness (QED) is 0.901. The lowest BCUT2D eigenvalue weighted by atomic mass is 10.0. The van der Waals surface area contributed by atoms with Crippen molar-refractivity contribution in [3.63, 3.8) is 0 Å². The van der Waals surface area contributed by atoms with Gasteiger partial charge in [-0.15, -0.1) is 10.2 Å². The van der Waals surface area contributed by atoms with Crippen molar-refractivity contribution < 1.29 is 4.39 Å². The molecule has 0 amide bonds. The number of hydrogen-bond donors (Lipinski definition) is 1. The zero-order valence-electron chi connectivity index (χ0n) is 10.8. The van der Waals surface area contributed by atoms with Crippen LogP contribution < -0.4 is 5.32 Å². The molecule has 1 N–H and O–H groups in total. The standard InChI is InChI=1S/C14H16FN3/c1-4-16-14-10(3)9(2)13(17-18-14)11-5-7-12(15)8-6-11/h5-8H,4H2,1-3H3,(H,16,18). The zero-order valence-corrected chi connectivity index (χ0v) is 10.8. The second-order valence-electron chi connectivity index (χ2n) is 4.18. The Morgan fingerprint density at radius 1 is 1.06 bits per heavy atom. The van der Waals surface area contributed by atoms with Crippen molar-refractivity contribution >= 4 is 5.82 Å². The molecule has 4 heteroatoms. The summed E-state index contributed by atoms with van der Waals surface area (Å²) in [7, 11) is 0. The molecule has 1 aromatic heterocycles. The Bertz CT molecular complexity index is 550. The van der Waals surface area contributed by atoms with E-state index in [0.717, 1.165) is 34.7 Å². The summed E-state index contributed by atoms with van der Waals surface area (Å²) in [4.78, 5) is 0. The van der Waals surface area contributed by atoms with Crippen LogP contribution in [0.4, 0.5) is 10.2 Å². The monoisotopic (exact) mass is 245 g/mol. The van der Waals surface area contributed by atoms with Crippen LogP contribution >= 0.6 is 0 Å². The van der Waals surface area contributed by atoms with Crippen molar-refractivity contribution in [2.24, 2.45) is 0 Å². The van der Waals surface area contributed by atoms with Crippen molar-refractivity contribution in [3.8, 4) is 11.3 Å². The van der Waals surface area contributed by atoms with E-state index in [0.29, 0.717) is 0 Å². The minimum atomic E-state index is -0.245. The number of hydrogen-bond acceptors (Lipinski definition) is 3. The molecule has 0 unspecified atom stereocenters. The minimum absolute atomic E-state index is 0.245. The summed E-state index contributed by atoms with van der Waals surface area (Å²) in [6, 6.07) is 6.31. The van der Waals surface area contributed by atoms with Crippen LogP contribution in [0.25, 0.3) is 11.3 Å². The highest BCUT2D eigenvalue weighted by molar-refractivity contribution is 5.66. The molecule has 2 aromatic rings. The van der Waals surface area contributed by atoms with Gasteiger partial charge < -0.3 is 5.32 Å². The molecule has 94 valence electrons. The lowest BCUT2D eigenvalue weighted by Crippen LogP contribution is -2.06. The molecular weight excluding hydrogens is 229 g/mol. The van der Waals surface area contributed by atoms with E-state index in [9.17, 15) is 4.39 Å². The number of nitrogens with zero attached hydrogens (tertiary/aromatic N) is 2. The molecule has 0 atom stereocenters. The number of aromatic nitrogens is 2. The van der Waals surface area contributed by atoms with Crippen LogP contribution in [-0.4, -0.2) is 16.7 Å². The molecule has 0 bridgehead atoms. The Hall–Kier alpha value is -1.97. The Balaban J connectivity index is 2.46. The van der Waals surface area contributed by atoms with Crippen LogP contribution in [-0.2, 0) is 0 Å². The maximum atomic E-state index is 12.9. The van der Waals surface area contributed by atoms with Gasteiger partial charge in [0.15, 0.2) is 5.82 Å². The van der Waals surface area contributed by atoms with E-state index in [-0.39, 0.29) is 5.82 Å². The van der Waals surface area contributed by atoms with E-state index in [1.807, 2.05) is 20.8 Å². The van der Waals surface area contributed by atoms with Gasteiger partial charge in [-0.05, 0) is 56.2 Å². The van der Waals surface area contributed by atoms with E-state index in [1.165, 1.54) is 12.1 Å². The van der Waals surface area contributed by atoms with Gasteiger partial charge in [0.25, 0.3) is 0 Å². The summed E-state index contributed by atoms with van der Waals surface area (Å²) in [6.07, 6.45) is 0. The van der Waals surface area contributed by atoms with E-state index >= 15 is 0 Å². The summed E-state index contributed by atoms with van der Waals surface area (Å²) < 4.78 is 12.9. The van der Waals surface area contributed by atoms with E-state index < -0.39 is 0 Å². The fourth-order valence-electron chi connectivity index (χ4n) is 1.82. The van der Waals surface area contributed by atoms with Gasteiger partial charge in [0, 0.05) is 12.1 Å². The van der Waals surface area contributed by atoms with Crippen LogP contribution in [0.5, 0.6) is 0 Å². The molecule has 0 saturated carbocycles. The Labute approximate surface area is 106 Å². The molecule has 3 nitrogen and oxygen atoms in total. The molecule has 0 aliphatic heterocycles. The SMILES string of the molecule is CCNc1nnc(-c2ccc(F)cc2)c(C)c1C. The van der Waals surface area contributed by atoms with Crippen LogP contribution in [0, 0.1) is 19.7 Å². The van der Waals surface area contributed by atoms with Gasteiger partial charge in [-0.3, -0.25) is 0 Å². The fraction of sp³-hybridized carbons (Fsp3) is 0.286. The summed E-state index contributed by atoms with van der Waals surface area (Å²) in [5, 5.41) is 11.6. The number of rotatable bonds is 3. The highest BCUT2D eigenvalue weighted by Crippen LogP contribution is 2.25. The van der Waals surface area contributed by atoms with Crippen molar-refractivity contribution in [3.05, 3.63) is 41.2 Å². The first-order chi connectivity index (χ1) is 8.63. The van der Waals surface area contributed by atoms with Crippen molar-refractivity contribution in [1.29, 1.82) is 0 Å².